The number of rotatable bonds is 9. The topological polar surface area (TPSA) is 65.7 Å². The van der Waals surface area contributed by atoms with E-state index in [1.807, 2.05) is 18.2 Å². The lowest BCUT2D eigenvalue weighted by Gasteiger charge is -2.16. The van der Waals surface area contributed by atoms with Crippen LogP contribution in [0.3, 0.4) is 0 Å². The van der Waals surface area contributed by atoms with Gasteiger partial charge in [0, 0.05) is 44.3 Å². The van der Waals surface area contributed by atoms with Gasteiger partial charge in [-0.15, -0.1) is 0 Å². The maximum Gasteiger partial charge on any atom is 0.123 e. The quantitative estimate of drug-likeness (QED) is 0.672. The summed E-state index contributed by atoms with van der Waals surface area (Å²) < 4.78 is 15.9. The van der Waals surface area contributed by atoms with Crippen LogP contribution in [0, 0.1) is 0 Å². The van der Waals surface area contributed by atoms with Crippen LogP contribution in [0.2, 0.25) is 0 Å². The molecule has 1 aromatic rings. The molecule has 0 radical (unpaired) electrons. The van der Waals surface area contributed by atoms with Crippen molar-refractivity contribution in [2.24, 2.45) is 0 Å². The van der Waals surface area contributed by atoms with Gasteiger partial charge in [0.05, 0.1) is 19.3 Å². The van der Waals surface area contributed by atoms with Crippen LogP contribution in [0.25, 0.3) is 0 Å². The minimum absolute atomic E-state index is 0.00596. The highest BCUT2D eigenvalue weighted by Gasteiger charge is 2.07. The third-order valence-corrected chi connectivity index (χ3v) is 2.62. The number of nitrogens with one attached hydrogen (secondary N) is 1. The van der Waals surface area contributed by atoms with Crippen molar-refractivity contribution >= 4 is 11.4 Å². The fraction of sp³-hybridized carbons (Fsp3) is 0.571. The van der Waals surface area contributed by atoms with E-state index in [0.717, 1.165) is 17.9 Å². The summed E-state index contributed by atoms with van der Waals surface area (Å²) >= 11 is 0. The second-order valence-electron chi connectivity index (χ2n) is 4.33. The summed E-state index contributed by atoms with van der Waals surface area (Å²) in [6.45, 7) is 3.96. The van der Waals surface area contributed by atoms with Crippen molar-refractivity contribution in [1.29, 1.82) is 0 Å². The number of anilines is 2. The lowest BCUT2D eigenvalue weighted by Crippen LogP contribution is -2.26. The first-order chi connectivity index (χ1) is 9.19. The van der Waals surface area contributed by atoms with E-state index in [4.69, 9.17) is 19.9 Å². The Bertz CT molecular complexity index is 372. The van der Waals surface area contributed by atoms with Gasteiger partial charge < -0.3 is 25.3 Å². The summed E-state index contributed by atoms with van der Waals surface area (Å²) in [4.78, 5) is 0. The predicted octanol–water partition coefficient (Wildman–Crippen LogP) is 2.13. The molecule has 0 aromatic heterocycles. The molecule has 19 heavy (non-hydrogen) atoms. The maximum absolute atomic E-state index is 5.85. The molecule has 0 aliphatic heterocycles. The van der Waals surface area contributed by atoms with Crippen LogP contribution in [-0.2, 0) is 9.47 Å². The van der Waals surface area contributed by atoms with Crippen LogP contribution in [0.15, 0.2) is 18.2 Å². The van der Waals surface area contributed by atoms with E-state index in [1.54, 1.807) is 14.2 Å². The summed E-state index contributed by atoms with van der Waals surface area (Å²) in [5.74, 6) is 0.782. The molecule has 5 nitrogen and oxygen atoms in total. The van der Waals surface area contributed by atoms with E-state index in [2.05, 4.69) is 12.2 Å². The predicted molar refractivity (Wildman–Crippen MR) is 77.8 cm³/mol. The molecule has 1 unspecified atom stereocenters. The minimum Gasteiger partial charge on any atom is -0.493 e. The van der Waals surface area contributed by atoms with Gasteiger partial charge in [-0.3, -0.25) is 0 Å². The highest BCUT2D eigenvalue weighted by atomic mass is 16.5. The van der Waals surface area contributed by atoms with Gasteiger partial charge in [0.1, 0.15) is 5.75 Å². The molecule has 0 saturated carbocycles. The molecule has 1 aromatic carbocycles. The SMILES string of the molecule is CCCOc1cc(N)cc(NCC(COC)OC)c1. The van der Waals surface area contributed by atoms with Crippen LogP contribution >= 0.6 is 0 Å². The van der Waals surface area contributed by atoms with E-state index < -0.39 is 0 Å². The fourth-order valence-electron chi connectivity index (χ4n) is 1.66. The fourth-order valence-corrected chi connectivity index (χ4v) is 1.66. The second-order valence-corrected chi connectivity index (χ2v) is 4.33. The van der Waals surface area contributed by atoms with Crippen molar-refractivity contribution < 1.29 is 14.2 Å². The normalized spacial score (nSPS) is 12.2. The number of methoxy groups -OCH3 is 2. The number of hydrogen-bond donors (Lipinski definition) is 2. The molecular formula is C14H24N2O3. The van der Waals surface area contributed by atoms with Gasteiger partial charge >= 0.3 is 0 Å². The Morgan fingerprint density at radius 1 is 1.26 bits per heavy atom. The molecule has 0 aliphatic carbocycles. The summed E-state index contributed by atoms with van der Waals surface area (Å²) in [5.41, 5.74) is 7.45. The Morgan fingerprint density at radius 3 is 2.68 bits per heavy atom. The number of nitrogen functional groups attached to an aromatic ring is 1. The van der Waals surface area contributed by atoms with Crippen molar-refractivity contribution in [1.82, 2.24) is 0 Å². The van der Waals surface area contributed by atoms with Crippen molar-refractivity contribution in [2.45, 2.75) is 19.4 Å². The summed E-state index contributed by atoms with van der Waals surface area (Å²) in [6.07, 6.45) is 0.975. The largest absolute Gasteiger partial charge is 0.493 e. The third-order valence-electron chi connectivity index (χ3n) is 2.62. The Labute approximate surface area is 115 Å². The molecule has 3 N–H and O–H groups in total. The minimum atomic E-state index is 0.00596. The average molecular weight is 268 g/mol. The van der Waals surface area contributed by atoms with Gasteiger partial charge in [0.15, 0.2) is 0 Å². The van der Waals surface area contributed by atoms with Crippen molar-refractivity contribution in [2.75, 3.05) is 45.0 Å². The smallest absolute Gasteiger partial charge is 0.123 e. The molecule has 0 amide bonds. The molecular weight excluding hydrogens is 244 g/mol. The van der Waals surface area contributed by atoms with E-state index >= 15 is 0 Å². The zero-order valence-corrected chi connectivity index (χ0v) is 11.9. The molecule has 0 bridgehead atoms. The van der Waals surface area contributed by atoms with Gasteiger partial charge in [0.2, 0.25) is 0 Å². The first-order valence-electron chi connectivity index (χ1n) is 6.48. The highest BCUT2D eigenvalue weighted by molar-refractivity contribution is 5.59. The van der Waals surface area contributed by atoms with Gasteiger partial charge in [-0.1, -0.05) is 6.92 Å². The summed E-state index contributed by atoms with van der Waals surface area (Å²) in [5, 5.41) is 3.27. The zero-order chi connectivity index (χ0) is 14.1. The van der Waals surface area contributed by atoms with Crippen molar-refractivity contribution in [3.63, 3.8) is 0 Å². The van der Waals surface area contributed by atoms with Gasteiger partial charge in [0.25, 0.3) is 0 Å². The molecule has 1 atom stereocenters. The zero-order valence-electron chi connectivity index (χ0n) is 11.9. The number of ether oxygens (including phenoxy) is 3. The Morgan fingerprint density at radius 2 is 2.05 bits per heavy atom. The molecule has 0 aliphatic rings. The van der Waals surface area contributed by atoms with E-state index in [1.165, 1.54) is 0 Å². The van der Waals surface area contributed by atoms with E-state index in [0.29, 0.717) is 25.4 Å². The first-order valence-corrected chi connectivity index (χ1v) is 6.48. The van der Waals surface area contributed by atoms with Crippen LogP contribution in [0.5, 0.6) is 5.75 Å². The lowest BCUT2D eigenvalue weighted by molar-refractivity contribution is 0.0365. The van der Waals surface area contributed by atoms with Crippen LogP contribution in [-0.4, -0.2) is 40.1 Å². The Kier molecular flexibility index (Phi) is 7.07. The second kappa shape index (κ2) is 8.61. The van der Waals surface area contributed by atoms with Gasteiger partial charge in [-0.2, -0.15) is 0 Å². The van der Waals surface area contributed by atoms with Gasteiger partial charge in [-0.05, 0) is 12.5 Å². The Balaban J connectivity index is 2.59. The molecule has 1 rings (SSSR count). The molecule has 0 saturated heterocycles. The summed E-state index contributed by atoms with van der Waals surface area (Å²) in [7, 11) is 3.32. The number of hydrogen-bond acceptors (Lipinski definition) is 5. The monoisotopic (exact) mass is 268 g/mol. The van der Waals surface area contributed by atoms with Gasteiger partial charge in [-0.25, -0.2) is 0 Å². The number of nitrogens with two attached hydrogens (primary N) is 1. The van der Waals surface area contributed by atoms with Crippen molar-refractivity contribution in [3.8, 4) is 5.75 Å². The summed E-state index contributed by atoms with van der Waals surface area (Å²) in [6, 6.07) is 5.63. The van der Waals surface area contributed by atoms with Crippen molar-refractivity contribution in [3.05, 3.63) is 18.2 Å². The lowest BCUT2D eigenvalue weighted by atomic mass is 10.2. The molecule has 0 heterocycles. The van der Waals surface area contributed by atoms with Crippen LogP contribution < -0.4 is 15.8 Å². The molecule has 5 heteroatoms. The standard InChI is InChI=1S/C14H24N2O3/c1-4-5-19-13-7-11(15)6-12(8-13)16-9-14(18-3)10-17-2/h6-8,14,16H,4-5,9-10,15H2,1-3H3. The highest BCUT2D eigenvalue weighted by Crippen LogP contribution is 2.22. The third kappa shape index (κ3) is 5.81. The molecule has 0 spiro atoms. The van der Waals surface area contributed by atoms with E-state index in [9.17, 15) is 0 Å². The maximum atomic E-state index is 5.85. The van der Waals surface area contributed by atoms with Crippen LogP contribution in [0.1, 0.15) is 13.3 Å². The average Bonchev–Trinajstić information content (AvgIpc) is 2.40. The first kappa shape index (κ1) is 15.6. The molecule has 0 fully saturated rings. The van der Waals surface area contributed by atoms with Crippen LogP contribution in [0.4, 0.5) is 11.4 Å². The molecule has 108 valence electrons. The Hall–Kier alpha value is -1.46. The number of benzene rings is 1. The van der Waals surface area contributed by atoms with E-state index in [-0.39, 0.29) is 6.10 Å².